The van der Waals surface area contributed by atoms with Gasteiger partial charge in [0, 0.05) is 27.1 Å². The number of hydrogen-bond donors (Lipinski definition) is 2. The Hall–Kier alpha value is 0.0300. The molecule has 1 aliphatic rings. The molecule has 0 spiro atoms. The van der Waals surface area contributed by atoms with Gasteiger partial charge in [0.25, 0.3) is 0 Å². The zero-order valence-electron chi connectivity index (χ0n) is 11.1. The predicted molar refractivity (Wildman–Crippen MR) is 83.7 cm³/mol. The number of nitrogens with zero attached hydrogens (tertiary/aromatic N) is 1. The van der Waals surface area contributed by atoms with Crippen LogP contribution in [0.5, 0.6) is 0 Å². The Morgan fingerprint density at radius 1 is 1.58 bits per heavy atom. The van der Waals surface area contributed by atoms with E-state index in [1.165, 1.54) is 0 Å². The highest BCUT2D eigenvalue weighted by molar-refractivity contribution is 9.11. The Morgan fingerprint density at radius 3 is 2.84 bits per heavy atom. The lowest BCUT2D eigenvalue weighted by molar-refractivity contribution is 0.0262. The van der Waals surface area contributed by atoms with Gasteiger partial charge in [0.1, 0.15) is 6.10 Å². The highest BCUT2D eigenvalue weighted by Crippen LogP contribution is 2.50. The molecular formula is C14H20Br2N2O. The molecule has 1 aromatic rings. The van der Waals surface area contributed by atoms with Crippen LogP contribution in [-0.4, -0.2) is 16.6 Å². The number of rotatable bonds is 4. The van der Waals surface area contributed by atoms with E-state index < -0.39 is 6.10 Å². The van der Waals surface area contributed by atoms with Gasteiger partial charge >= 0.3 is 0 Å². The van der Waals surface area contributed by atoms with E-state index in [9.17, 15) is 5.11 Å². The van der Waals surface area contributed by atoms with Crippen LogP contribution < -0.4 is 5.73 Å². The Balaban J connectivity index is 2.28. The van der Waals surface area contributed by atoms with Gasteiger partial charge in [-0.2, -0.15) is 0 Å². The van der Waals surface area contributed by atoms with Crippen molar-refractivity contribution in [3.05, 3.63) is 26.9 Å². The largest absolute Gasteiger partial charge is 0.386 e. The van der Waals surface area contributed by atoms with Gasteiger partial charge in [0.05, 0.1) is 5.69 Å². The first-order valence-corrected chi connectivity index (χ1v) is 8.30. The first kappa shape index (κ1) is 15.4. The summed E-state index contributed by atoms with van der Waals surface area (Å²) >= 11 is 6.87. The molecule has 5 heteroatoms. The Bertz CT molecular complexity index is 455. The van der Waals surface area contributed by atoms with Gasteiger partial charge in [-0.15, -0.1) is 0 Å². The van der Waals surface area contributed by atoms with Crippen LogP contribution in [0, 0.1) is 11.3 Å². The van der Waals surface area contributed by atoms with Crippen molar-refractivity contribution >= 4 is 31.9 Å². The standard InChI is InChI=1S/C14H20Br2N2O/c1-2-9-3-4-14(6-9,8-17)13(19)12-11(16)5-10(15)7-18-12/h5,7,9,13,19H,2-4,6,8,17H2,1H3. The maximum absolute atomic E-state index is 10.8. The second kappa shape index (κ2) is 6.20. The summed E-state index contributed by atoms with van der Waals surface area (Å²) in [5.41, 5.74) is 6.47. The molecule has 0 aliphatic heterocycles. The van der Waals surface area contributed by atoms with Gasteiger partial charge in [-0.25, -0.2) is 0 Å². The topological polar surface area (TPSA) is 59.1 Å². The molecule has 0 aromatic carbocycles. The van der Waals surface area contributed by atoms with Crippen molar-refractivity contribution in [3.63, 3.8) is 0 Å². The van der Waals surface area contributed by atoms with Crippen molar-refractivity contribution < 1.29 is 5.11 Å². The predicted octanol–water partition coefficient (Wildman–Crippen LogP) is 3.80. The minimum atomic E-state index is -0.600. The van der Waals surface area contributed by atoms with Crippen LogP contribution in [0.1, 0.15) is 44.4 Å². The Morgan fingerprint density at radius 2 is 2.32 bits per heavy atom. The van der Waals surface area contributed by atoms with Gasteiger partial charge in [-0.3, -0.25) is 4.98 Å². The molecule has 1 aliphatic carbocycles. The van der Waals surface area contributed by atoms with E-state index in [0.29, 0.717) is 18.2 Å². The molecule has 3 N–H and O–H groups in total. The van der Waals surface area contributed by atoms with E-state index in [4.69, 9.17) is 5.73 Å². The van der Waals surface area contributed by atoms with Crippen LogP contribution in [0.4, 0.5) is 0 Å². The number of aromatic nitrogens is 1. The van der Waals surface area contributed by atoms with Gasteiger partial charge < -0.3 is 10.8 Å². The van der Waals surface area contributed by atoms with Crippen LogP contribution in [0.25, 0.3) is 0 Å². The number of nitrogens with two attached hydrogens (primary N) is 1. The summed E-state index contributed by atoms with van der Waals surface area (Å²) < 4.78 is 1.73. The van der Waals surface area contributed by atoms with Crippen LogP contribution >= 0.6 is 31.9 Å². The number of hydrogen-bond acceptors (Lipinski definition) is 3. The minimum absolute atomic E-state index is 0.218. The molecule has 3 atom stereocenters. The Kier molecular flexibility index (Phi) is 5.04. The molecule has 3 nitrogen and oxygen atoms in total. The second-order valence-electron chi connectivity index (χ2n) is 5.51. The molecule has 1 fully saturated rings. The minimum Gasteiger partial charge on any atom is -0.386 e. The highest BCUT2D eigenvalue weighted by atomic mass is 79.9. The average Bonchev–Trinajstić information content (AvgIpc) is 2.83. The molecule has 2 rings (SSSR count). The monoisotopic (exact) mass is 390 g/mol. The number of pyridine rings is 1. The fourth-order valence-electron chi connectivity index (χ4n) is 3.08. The summed E-state index contributed by atoms with van der Waals surface area (Å²) in [5, 5.41) is 10.8. The molecule has 0 bridgehead atoms. The van der Waals surface area contributed by atoms with Crippen molar-refractivity contribution in [2.24, 2.45) is 17.1 Å². The van der Waals surface area contributed by atoms with Crippen molar-refractivity contribution in [3.8, 4) is 0 Å². The van der Waals surface area contributed by atoms with Gasteiger partial charge in [0.2, 0.25) is 0 Å². The molecule has 1 saturated carbocycles. The van der Waals surface area contributed by atoms with Crippen LogP contribution in [-0.2, 0) is 0 Å². The third-order valence-corrected chi connectivity index (χ3v) is 5.47. The number of aliphatic hydroxyl groups is 1. The lowest BCUT2D eigenvalue weighted by Gasteiger charge is -2.33. The fraction of sp³-hybridized carbons (Fsp3) is 0.643. The second-order valence-corrected chi connectivity index (χ2v) is 7.28. The fourth-order valence-corrected chi connectivity index (χ4v) is 4.29. The molecule has 0 saturated heterocycles. The summed E-state index contributed by atoms with van der Waals surface area (Å²) in [7, 11) is 0. The summed E-state index contributed by atoms with van der Waals surface area (Å²) in [6.45, 7) is 2.71. The highest BCUT2D eigenvalue weighted by Gasteiger charge is 2.44. The van der Waals surface area contributed by atoms with Crippen molar-refractivity contribution in [1.82, 2.24) is 4.98 Å². The summed E-state index contributed by atoms with van der Waals surface area (Å²) in [4.78, 5) is 4.37. The molecule has 0 amide bonds. The van der Waals surface area contributed by atoms with E-state index >= 15 is 0 Å². The average molecular weight is 392 g/mol. The molecular weight excluding hydrogens is 372 g/mol. The van der Waals surface area contributed by atoms with Crippen molar-refractivity contribution in [2.45, 2.75) is 38.7 Å². The molecule has 19 heavy (non-hydrogen) atoms. The van der Waals surface area contributed by atoms with Crippen molar-refractivity contribution in [2.75, 3.05) is 6.54 Å². The third kappa shape index (κ3) is 3.04. The zero-order chi connectivity index (χ0) is 14.0. The van der Waals surface area contributed by atoms with Gasteiger partial charge in [-0.05, 0) is 63.1 Å². The van der Waals surface area contributed by atoms with Crippen LogP contribution in [0.2, 0.25) is 0 Å². The number of aliphatic hydroxyl groups excluding tert-OH is 1. The number of halogens is 2. The van der Waals surface area contributed by atoms with Gasteiger partial charge in [-0.1, -0.05) is 13.3 Å². The van der Waals surface area contributed by atoms with Crippen molar-refractivity contribution in [1.29, 1.82) is 0 Å². The third-order valence-electron chi connectivity index (χ3n) is 4.40. The molecule has 0 radical (unpaired) electrons. The van der Waals surface area contributed by atoms with Gasteiger partial charge in [0.15, 0.2) is 0 Å². The quantitative estimate of drug-likeness (QED) is 0.820. The molecule has 1 heterocycles. The summed E-state index contributed by atoms with van der Waals surface area (Å²) in [5.74, 6) is 0.674. The molecule has 106 valence electrons. The molecule has 1 aromatic heterocycles. The van der Waals surface area contributed by atoms with E-state index in [0.717, 1.165) is 34.6 Å². The normalized spacial score (nSPS) is 28.6. The maximum Gasteiger partial charge on any atom is 0.104 e. The van der Waals surface area contributed by atoms with E-state index in [2.05, 4.69) is 43.8 Å². The Labute approximate surface area is 131 Å². The van der Waals surface area contributed by atoms with E-state index in [-0.39, 0.29) is 5.41 Å². The zero-order valence-corrected chi connectivity index (χ0v) is 14.2. The van der Waals surface area contributed by atoms with E-state index in [1.54, 1.807) is 6.20 Å². The lowest BCUT2D eigenvalue weighted by atomic mass is 9.78. The lowest BCUT2D eigenvalue weighted by Crippen LogP contribution is -2.35. The van der Waals surface area contributed by atoms with Crippen LogP contribution in [0.15, 0.2) is 21.2 Å². The summed E-state index contributed by atoms with van der Waals surface area (Å²) in [6, 6.07) is 1.92. The first-order valence-electron chi connectivity index (χ1n) is 6.71. The van der Waals surface area contributed by atoms with Crippen LogP contribution in [0.3, 0.4) is 0 Å². The first-order chi connectivity index (χ1) is 9.02. The smallest absolute Gasteiger partial charge is 0.104 e. The maximum atomic E-state index is 10.8. The van der Waals surface area contributed by atoms with E-state index in [1.807, 2.05) is 6.07 Å². The SMILES string of the molecule is CCC1CCC(CN)(C(O)c2ncc(Br)cc2Br)C1. The molecule has 3 unspecified atom stereocenters. The summed E-state index contributed by atoms with van der Waals surface area (Å²) in [6.07, 6.45) is 5.40.